The zero-order chi connectivity index (χ0) is 22.3. The molecule has 176 valence electrons. The van der Waals surface area contributed by atoms with Gasteiger partial charge >= 0.3 is 0 Å². The minimum atomic E-state index is -3.22. The molecule has 1 heterocycles. The number of hydrogen-bond acceptors (Lipinski definition) is 5. The predicted molar refractivity (Wildman–Crippen MR) is 138 cm³/mol. The largest absolute Gasteiger partial charge is 0.474 e. The first-order valence-corrected chi connectivity index (χ1v) is 12.7. The summed E-state index contributed by atoms with van der Waals surface area (Å²) in [5.74, 6) is 1.37. The number of aliphatic imine (C=N–C) groups is 1. The highest BCUT2D eigenvalue weighted by molar-refractivity contribution is 14.0. The van der Waals surface area contributed by atoms with Crippen molar-refractivity contribution in [2.45, 2.75) is 63.6 Å². The Morgan fingerprint density at radius 3 is 2.56 bits per heavy atom. The summed E-state index contributed by atoms with van der Waals surface area (Å²) in [5, 5.41) is 6.58. The van der Waals surface area contributed by atoms with Crippen LogP contribution in [-0.2, 0) is 22.9 Å². The maximum absolute atomic E-state index is 11.8. The van der Waals surface area contributed by atoms with E-state index in [9.17, 15) is 8.42 Å². The molecule has 0 saturated heterocycles. The third-order valence-electron chi connectivity index (χ3n) is 5.25. The lowest BCUT2D eigenvalue weighted by Gasteiger charge is -2.14. The molecule has 0 amide bonds. The Kier molecular flexibility index (Phi) is 10.2. The first kappa shape index (κ1) is 26.4. The summed E-state index contributed by atoms with van der Waals surface area (Å²) in [7, 11) is -3.22. The van der Waals surface area contributed by atoms with Crippen LogP contribution in [0, 0.1) is 6.92 Å². The Labute approximate surface area is 208 Å². The Hall–Kier alpha value is -1.88. The van der Waals surface area contributed by atoms with Gasteiger partial charge in [0, 0.05) is 31.6 Å². The van der Waals surface area contributed by atoms with Crippen LogP contribution >= 0.6 is 24.0 Å². The van der Waals surface area contributed by atoms with Crippen molar-refractivity contribution < 1.29 is 13.2 Å². The van der Waals surface area contributed by atoms with E-state index in [1.54, 1.807) is 12.3 Å². The molecule has 7 nitrogen and oxygen atoms in total. The van der Waals surface area contributed by atoms with Crippen molar-refractivity contribution in [1.82, 2.24) is 15.6 Å². The second-order valence-electron chi connectivity index (χ2n) is 7.95. The van der Waals surface area contributed by atoms with Crippen LogP contribution in [0.2, 0.25) is 0 Å². The molecule has 2 N–H and O–H groups in total. The van der Waals surface area contributed by atoms with Crippen LogP contribution in [0.4, 0.5) is 0 Å². The number of guanidine groups is 1. The van der Waals surface area contributed by atoms with Crippen LogP contribution in [0.15, 0.2) is 46.4 Å². The summed E-state index contributed by atoms with van der Waals surface area (Å²) in [6.45, 7) is 5.61. The molecule has 0 atom stereocenters. The molecule has 9 heteroatoms. The number of pyridine rings is 1. The lowest BCUT2D eigenvalue weighted by atomic mass is 10.1. The maximum Gasteiger partial charge on any atom is 0.213 e. The molecule has 0 aliphatic heterocycles. The molecule has 1 aliphatic rings. The SMILES string of the molecule is CCNC(=NCc1ccc(S(C)(=O)=O)c(C)c1)NCc1ccnc(OC2CCCC2)c1.I. The van der Waals surface area contributed by atoms with Crippen LogP contribution in [0.1, 0.15) is 49.3 Å². The van der Waals surface area contributed by atoms with E-state index in [1.807, 2.05) is 38.1 Å². The highest BCUT2D eigenvalue weighted by Crippen LogP contribution is 2.23. The van der Waals surface area contributed by atoms with Crippen molar-refractivity contribution in [2.75, 3.05) is 12.8 Å². The summed E-state index contributed by atoms with van der Waals surface area (Å²) in [6.07, 6.45) is 7.95. The molecule has 1 saturated carbocycles. The van der Waals surface area contributed by atoms with Gasteiger partial charge in [0.05, 0.1) is 11.4 Å². The van der Waals surface area contributed by atoms with Crippen LogP contribution in [0.3, 0.4) is 0 Å². The van der Waals surface area contributed by atoms with Crippen LogP contribution in [0.5, 0.6) is 5.88 Å². The quantitative estimate of drug-likeness (QED) is 0.283. The van der Waals surface area contributed by atoms with Gasteiger partial charge < -0.3 is 15.4 Å². The molecule has 0 spiro atoms. The Bertz CT molecular complexity index is 1020. The Morgan fingerprint density at radius 2 is 1.91 bits per heavy atom. The fraction of sp³-hybridized carbons (Fsp3) is 0.478. The third-order valence-corrected chi connectivity index (χ3v) is 6.51. The number of rotatable bonds is 8. The summed E-state index contributed by atoms with van der Waals surface area (Å²) in [4.78, 5) is 9.33. The van der Waals surface area contributed by atoms with Gasteiger partial charge in [-0.3, -0.25) is 0 Å². The molecule has 1 aliphatic carbocycles. The van der Waals surface area contributed by atoms with Crippen molar-refractivity contribution in [3.05, 3.63) is 53.2 Å². The number of benzene rings is 1. The van der Waals surface area contributed by atoms with Gasteiger partial charge in [0.25, 0.3) is 0 Å². The molecule has 3 rings (SSSR count). The number of nitrogens with one attached hydrogen (secondary N) is 2. The average Bonchev–Trinajstić information content (AvgIpc) is 3.22. The van der Waals surface area contributed by atoms with E-state index in [4.69, 9.17) is 4.74 Å². The van der Waals surface area contributed by atoms with E-state index in [-0.39, 0.29) is 30.1 Å². The average molecular weight is 573 g/mol. The third kappa shape index (κ3) is 7.91. The molecule has 0 radical (unpaired) electrons. The number of ether oxygens (including phenoxy) is 1. The second kappa shape index (κ2) is 12.4. The zero-order valence-electron chi connectivity index (χ0n) is 18.9. The predicted octanol–water partition coefficient (Wildman–Crippen LogP) is 3.99. The van der Waals surface area contributed by atoms with E-state index in [1.165, 1.54) is 19.1 Å². The van der Waals surface area contributed by atoms with Gasteiger partial charge in [-0.2, -0.15) is 0 Å². The van der Waals surface area contributed by atoms with E-state index in [2.05, 4.69) is 20.6 Å². The van der Waals surface area contributed by atoms with Gasteiger partial charge in [-0.1, -0.05) is 12.1 Å². The normalized spacial score (nSPS) is 14.7. The van der Waals surface area contributed by atoms with Crippen molar-refractivity contribution in [1.29, 1.82) is 0 Å². The molecule has 2 aromatic rings. The highest BCUT2D eigenvalue weighted by atomic mass is 127. The standard InChI is InChI=1S/C23H32N4O3S.HI/c1-4-24-23(26-15-18-9-10-21(17(2)13-18)31(3,28)29)27-16-19-11-12-25-22(14-19)30-20-7-5-6-8-20;/h9-14,20H,4-8,15-16H2,1-3H3,(H2,24,26,27);1H. The first-order valence-electron chi connectivity index (χ1n) is 10.8. The van der Waals surface area contributed by atoms with E-state index in [0.717, 1.165) is 36.1 Å². The first-order chi connectivity index (χ1) is 14.8. The van der Waals surface area contributed by atoms with Gasteiger partial charge in [-0.15, -0.1) is 24.0 Å². The zero-order valence-corrected chi connectivity index (χ0v) is 22.1. The van der Waals surface area contributed by atoms with Gasteiger partial charge in [-0.05, 0) is 68.4 Å². The molecule has 1 aromatic carbocycles. The Balaban J connectivity index is 0.00000363. The minimum Gasteiger partial charge on any atom is -0.474 e. The van der Waals surface area contributed by atoms with Crippen LogP contribution in [0.25, 0.3) is 0 Å². The topological polar surface area (TPSA) is 92.7 Å². The van der Waals surface area contributed by atoms with Gasteiger partial charge in [0.15, 0.2) is 15.8 Å². The fourth-order valence-corrected chi connectivity index (χ4v) is 4.68. The van der Waals surface area contributed by atoms with E-state index in [0.29, 0.717) is 29.8 Å². The number of nitrogens with zero attached hydrogens (tertiary/aromatic N) is 2. The van der Waals surface area contributed by atoms with Gasteiger partial charge in [0.1, 0.15) is 6.10 Å². The van der Waals surface area contributed by atoms with Crippen molar-refractivity contribution >= 4 is 39.8 Å². The van der Waals surface area contributed by atoms with E-state index < -0.39 is 9.84 Å². The van der Waals surface area contributed by atoms with Gasteiger partial charge in [0.2, 0.25) is 5.88 Å². The van der Waals surface area contributed by atoms with Gasteiger partial charge in [-0.25, -0.2) is 18.4 Å². The monoisotopic (exact) mass is 572 g/mol. The Morgan fingerprint density at radius 1 is 1.16 bits per heavy atom. The number of hydrogen-bond donors (Lipinski definition) is 2. The number of aromatic nitrogens is 1. The number of aryl methyl sites for hydroxylation is 1. The van der Waals surface area contributed by atoms with Crippen LogP contribution in [-0.4, -0.2) is 38.3 Å². The molecule has 1 aromatic heterocycles. The van der Waals surface area contributed by atoms with Crippen molar-refractivity contribution in [3.8, 4) is 5.88 Å². The van der Waals surface area contributed by atoms with Crippen molar-refractivity contribution in [3.63, 3.8) is 0 Å². The lowest BCUT2D eigenvalue weighted by Crippen LogP contribution is -2.36. The summed E-state index contributed by atoms with van der Waals surface area (Å²) < 4.78 is 29.6. The van der Waals surface area contributed by atoms with E-state index >= 15 is 0 Å². The number of halogens is 1. The smallest absolute Gasteiger partial charge is 0.213 e. The molecular formula is C23H33IN4O3S. The van der Waals surface area contributed by atoms with Crippen LogP contribution < -0.4 is 15.4 Å². The second-order valence-corrected chi connectivity index (χ2v) is 9.93. The van der Waals surface area contributed by atoms with Crippen molar-refractivity contribution in [2.24, 2.45) is 4.99 Å². The molecule has 1 fully saturated rings. The molecular weight excluding hydrogens is 539 g/mol. The lowest BCUT2D eigenvalue weighted by molar-refractivity contribution is 0.201. The minimum absolute atomic E-state index is 0. The molecule has 0 bridgehead atoms. The maximum atomic E-state index is 11.8. The fourth-order valence-electron chi connectivity index (χ4n) is 3.73. The highest BCUT2D eigenvalue weighted by Gasteiger charge is 2.17. The molecule has 32 heavy (non-hydrogen) atoms. The summed E-state index contributed by atoms with van der Waals surface area (Å²) >= 11 is 0. The summed E-state index contributed by atoms with van der Waals surface area (Å²) in [6, 6.07) is 9.27. The summed E-state index contributed by atoms with van der Waals surface area (Å²) in [5.41, 5.74) is 2.76. The number of sulfone groups is 1. The molecule has 0 unspecified atom stereocenters.